The van der Waals surface area contributed by atoms with Gasteiger partial charge in [-0.15, -0.1) is 0 Å². The number of nitrogens with one attached hydrogen (secondary N) is 1. The molecule has 9 nitrogen and oxygen atoms in total. The van der Waals surface area contributed by atoms with E-state index >= 15 is 0 Å². The average molecular weight is 585 g/mol. The zero-order valence-electron chi connectivity index (χ0n) is 23.3. The van der Waals surface area contributed by atoms with E-state index in [4.69, 9.17) is 0 Å². The van der Waals surface area contributed by atoms with Crippen molar-refractivity contribution in [1.29, 1.82) is 0 Å². The van der Waals surface area contributed by atoms with Crippen molar-refractivity contribution in [3.8, 4) is 0 Å². The summed E-state index contributed by atoms with van der Waals surface area (Å²) in [5.41, 5.74) is 3.32. The molecule has 3 aromatic rings. The quantitative estimate of drug-likeness (QED) is 0.413. The largest absolute Gasteiger partial charge is 0.325 e. The molecule has 1 heterocycles. The maximum atomic E-state index is 13.9. The number of anilines is 1. The maximum absolute atomic E-state index is 13.9. The number of piperazine rings is 1. The topological polar surface area (TPSA) is 107 Å². The summed E-state index contributed by atoms with van der Waals surface area (Å²) in [6.07, 6.45) is 0. The van der Waals surface area contributed by atoms with Gasteiger partial charge in [0.05, 0.1) is 16.3 Å². The lowest BCUT2D eigenvalue weighted by molar-refractivity contribution is -0.116. The van der Waals surface area contributed by atoms with Crippen molar-refractivity contribution in [3.05, 3.63) is 89.0 Å². The number of benzene rings is 3. The van der Waals surface area contributed by atoms with Crippen molar-refractivity contribution in [2.24, 2.45) is 0 Å². The summed E-state index contributed by atoms with van der Waals surface area (Å²) in [6.45, 7) is 7.20. The van der Waals surface area contributed by atoms with Crippen LogP contribution in [0.25, 0.3) is 0 Å². The van der Waals surface area contributed by atoms with Crippen LogP contribution in [0.2, 0.25) is 0 Å². The van der Waals surface area contributed by atoms with Crippen molar-refractivity contribution in [1.82, 2.24) is 13.5 Å². The van der Waals surface area contributed by atoms with Gasteiger partial charge in [-0.1, -0.05) is 48.0 Å². The lowest BCUT2D eigenvalue weighted by Gasteiger charge is -2.31. The highest BCUT2D eigenvalue weighted by Gasteiger charge is 2.30. The van der Waals surface area contributed by atoms with E-state index in [1.807, 2.05) is 56.4 Å². The fraction of sp³-hybridized carbons (Fsp3) is 0.345. The minimum atomic E-state index is -4.02. The number of nitrogens with zero attached hydrogens (tertiary/aromatic N) is 3. The molecule has 0 radical (unpaired) electrons. The normalized spacial score (nSPS) is 15.3. The number of hydrogen-bond acceptors (Lipinski definition) is 6. The number of carbonyl (C=O) groups excluding carboxylic acids is 1. The molecule has 3 aromatic carbocycles. The van der Waals surface area contributed by atoms with Gasteiger partial charge in [0.25, 0.3) is 0 Å². The molecule has 11 heteroatoms. The van der Waals surface area contributed by atoms with Crippen LogP contribution in [-0.2, 0) is 31.4 Å². The van der Waals surface area contributed by atoms with Crippen molar-refractivity contribution in [2.45, 2.75) is 37.1 Å². The molecule has 1 aliphatic rings. The SMILES string of the molecule is Cc1cc(C)c(S(=O)(=O)N(CC(=O)Nc2ccc(S(=O)(=O)N3CCN(C)CC3)cc2)Cc2ccccc2)c(C)c1. The molecular formula is C29H36N4O5S2. The summed E-state index contributed by atoms with van der Waals surface area (Å²) in [5, 5.41) is 2.72. The van der Waals surface area contributed by atoms with Gasteiger partial charge in [0, 0.05) is 38.4 Å². The number of rotatable bonds is 9. The number of hydrogen-bond donors (Lipinski definition) is 1. The first-order chi connectivity index (χ1) is 18.9. The third-order valence-electron chi connectivity index (χ3n) is 6.96. The summed E-state index contributed by atoms with van der Waals surface area (Å²) in [6, 6.07) is 18.7. The van der Waals surface area contributed by atoms with Gasteiger partial charge < -0.3 is 10.2 Å². The minimum absolute atomic E-state index is 0.0194. The van der Waals surface area contributed by atoms with Gasteiger partial charge in [-0.25, -0.2) is 16.8 Å². The van der Waals surface area contributed by atoms with Gasteiger partial charge in [0.1, 0.15) is 0 Å². The maximum Gasteiger partial charge on any atom is 0.244 e. The van der Waals surface area contributed by atoms with Crippen molar-refractivity contribution in [2.75, 3.05) is 45.1 Å². The number of carbonyl (C=O) groups is 1. The van der Waals surface area contributed by atoms with Crippen molar-refractivity contribution >= 4 is 31.6 Å². The monoisotopic (exact) mass is 584 g/mol. The molecule has 1 aliphatic heterocycles. The molecule has 0 saturated carbocycles. The van der Waals surface area contributed by atoms with Gasteiger partial charge in [0.15, 0.2) is 0 Å². The van der Waals surface area contributed by atoms with Gasteiger partial charge in [-0.05, 0) is 68.8 Å². The second kappa shape index (κ2) is 12.2. The molecule has 1 amide bonds. The first kappa shape index (κ1) is 29.9. The molecule has 0 aromatic heterocycles. The predicted molar refractivity (Wildman–Crippen MR) is 156 cm³/mol. The highest BCUT2D eigenvalue weighted by molar-refractivity contribution is 7.89. The van der Waals surface area contributed by atoms with Crippen LogP contribution in [0.3, 0.4) is 0 Å². The smallest absolute Gasteiger partial charge is 0.244 e. The number of likely N-dealkylation sites (N-methyl/N-ethyl adjacent to an activating group) is 1. The van der Waals surface area contributed by atoms with Crippen LogP contribution in [0.5, 0.6) is 0 Å². The Kier molecular flexibility index (Phi) is 9.11. The molecule has 1 N–H and O–H groups in total. The summed E-state index contributed by atoms with van der Waals surface area (Å²) < 4.78 is 56.4. The van der Waals surface area contributed by atoms with E-state index in [0.29, 0.717) is 43.0 Å². The van der Waals surface area contributed by atoms with E-state index in [9.17, 15) is 21.6 Å². The van der Waals surface area contributed by atoms with Gasteiger partial charge in [-0.3, -0.25) is 4.79 Å². The lowest BCUT2D eigenvalue weighted by Crippen LogP contribution is -2.46. The third kappa shape index (κ3) is 6.79. The second-order valence-corrected chi connectivity index (χ2v) is 14.1. The Morgan fingerprint density at radius 1 is 0.850 bits per heavy atom. The molecule has 0 aliphatic carbocycles. The average Bonchev–Trinajstić information content (AvgIpc) is 2.88. The number of sulfonamides is 2. The van der Waals surface area contributed by atoms with E-state index in [2.05, 4.69) is 10.2 Å². The summed E-state index contributed by atoms with van der Waals surface area (Å²) >= 11 is 0. The molecule has 214 valence electrons. The Bertz CT molecular complexity index is 1540. The lowest BCUT2D eigenvalue weighted by atomic mass is 10.1. The highest BCUT2D eigenvalue weighted by Crippen LogP contribution is 2.27. The molecule has 0 atom stereocenters. The predicted octanol–water partition coefficient (Wildman–Crippen LogP) is 3.38. The van der Waals surface area contributed by atoms with Gasteiger partial charge in [-0.2, -0.15) is 8.61 Å². The van der Waals surface area contributed by atoms with E-state index in [-0.39, 0.29) is 16.3 Å². The summed E-state index contributed by atoms with van der Waals surface area (Å²) in [5.74, 6) is -0.531. The standard InChI is InChI=1S/C29H36N4O5S2/c1-22-18-23(2)29(24(3)19-22)40(37,38)33(20-25-8-6-5-7-9-25)21-28(34)30-26-10-12-27(13-11-26)39(35,36)32-16-14-31(4)15-17-32/h5-13,18-19H,14-17,20-21H2,1-4H3,(H,30,34). The molecule has 0 bridgehead atoms. The molecule has 1 saturated heterocycles. The van der Waals surface area contributed by atoms with Crippen molar-refractivity contribution < 1.29 is 21.6 Å². The van der Waals surface area contributed by atoms with Gasteiger partial charge >= 0.3 is 0 Å². The van der Waals surface area contributed by atoms with Crippen LogP contribution in [0.4, 0.5) is 5.69 Å². The Labute approximate surface area is 237 Å². The zero-order valence-corrected chi connectivity index (χ0v) is 24.9. The number of amides is 1. The van der Waals surface area contributed by atoms with E-state index in [0.717, 1.165) is 11.1 Å². The van der Waals surface area contributed by atoms with Crippen LogP contribution >= 0.6 is 0 Å². The molecule has 40 heavy (non-hydrogen) atoms. The second-order valence-electron chi connectivity index (χ2n) is 10.3. The zero-order chi connectivity index (χ0) is 29.1. The van der Waals surface area contributed by atoms with Crippen LogP contribution < -0.4 is 5.32 Å². The highest BCUT2D eigenvalue weighted by atomic mass is 32.2. The van der Waals surface area contributed by atoms with E-state index in [1.54, 1.807) is 13.8 Å². The fourth-order valence-corrected chi connectivity index (χ4v) is 8.18. The Morgan fingerprint density at radius 2 is 1.43 bits per heavy atom. The van der Waals surface area contributed by atoms with Gasteiger partial charge in [0.2, 0.25) is 26.0 Å². The Morgan fingerprint density at radius 3 is 2.00 bits per heavy atom. The molecule has 1 fully saturated rings. The fourth-order valence-electron chi connectivity index (χ4n) is 4.96. The summed E-state index contributed by atoms with van der Waals surface area (Å²) in [7, 11) is -5.71. The molecule has 4 rings (SSSR count). The number of aryl methyl sites for hydroxylation is 3. The first-order valence-electron chi connectivity index (χ1n) is 13.1. The summed E-state index contributed by atoms with van der Waals surface area (Å²) in [4.78, 5) is 15.5. The van der Waals surface area contributed by atoms with E-state index < -0.39 is 32.5 Å². The first-order valence-corrected chi connectivity index (χ1v) is 16.0. The minimum Gasteiger partial charge on any atom is -0.325 e. The third-order valence-corrected chi connectivity index (χ3v) is 11.0. The van der Waals surface area contributed by atoms with Crippen molar-refractivity contribution in [3.63, 3.8) is 0 Å². The molecular weight excluding hydrogens is 548 g/mol. The van der Waals surface area contributed by atoms with Crippen LogP contribution in [0, 0.1) is 20.8 Å². The van der Waals surface area contributed by atoms with E-state index in [1.165, 1.54) is 32.9 Å². The van der Waals surface area contributed by atoms with Crippen LogP contribution in [0.1, 0.15) is 22.3 Å². The van der Waals surface area contributed by atoms with Crippen LogP contribution in [0.15, 0.2) is 76.5 Å². The molecule has 0 unspecified atom stereocenters. The Hall–Kier alpha value is -3.09. The van der Waals surface area contributed by atoms with Crippen LogP contribution in [-0.4, -0.2) is 76.0 Å². The Balaban J connectivity index is 1.54. The molecule has 0 spiro atoms.